The Balaban J connectivity index is 2.11. The van der Waals surface area contributed by atoms with Crippen molar-refractivity contribution >= 4 is 17.5 Å². The third-order valence-electron chi connectivity index (χ3n) is 4.32. The van der Waals surface area contributed by atoms with Crippen LogP contribution in [0.4, 0.5) is 5.69 Å². The van der Waals surface area contributed by atoms with Crippen LogP contribution in [-0.2, 0) is 4.79 Å². The van der Waals surface area contributed by atoms with E-state index in [2.05, 4.69) is 6.92 Å². The molecule has 0 aliphatic carbocycles. The van der Waals surface area contributed by atoms with Crippen LogP contribution in [0.2, 0.25) is 0 Å². The lowest BCUT2D eigenvalue weighted by atomic mass is 10.1. The average Bonchev–Trinajstić information content (AvgIpc) is 2.53. The van der Waals surface area contributed by atoms with Crippen molar-refractivity contribution in [3.63, 3.8) is 0 Å². The number of carbonyl (C=O) groups is 2. The van der Waals surface area contributed by atoms with E-state index in [1.54, 1.807) is 4.90 Å². The Morgan fingerprint density at radius 1 is 1.29 bits per heavy atom. The topological polar surface area (TPSA) is 40.6 Å². The number of rotatable bonds is 4. The van der Waals surface area contributed by atoms with Crippen LogP contribution >= 0.6 is 0 Å². The number of anilines is 1. The van der Waals surface area contributed by atoms with Crippen LogP contribution in [0.25, 0.3) is 0 Å². The first-order valence-corrected chi connectivity index (χ1v) is 7.72. The van der Waals surface area contributed by atoms with Gasteiger partial charge in [0.1, 0.15) is 0 Å². The monoisotopic (exact) mass is 288 g/mol. The highest BCUT2D eigenvalue weighted by Crippen LogP contribution is 2.21. The van der Waals surface area contributed by atoms with Crippen molar-refractivity contribution in [2.24, 2.45) is 0 Å². The molecule has 0 N–H and O–H groups in total. The Morgan fingerprint density at radius 3 is 2.52 bits per heavy atom. The summed E-state index contributed by atoms with van der Waals surface area (Å²) in [6.07, 6.45) is 3.58. The van der Waals surface area contributed by atoms with E-state index < -0.39 is 0 Å². The van der Waals surface area contributed by atoms with E-state index >= 15 is 0 Å². The van der Waals surface area contributed by atoms with E-state index in [4.69, 9.17) is 0 Å². The van der Waals surface area contributed by atoms with E-state index in [1.807, 2.05) is 43.1 Å². The molecule has 0 aromatic heterocycles. The molecule has 1 aliphatic rings. The van der Waals surface area contributed by atoms with E-state index in [-0.39, 0.29) is 17.9 Å². The Bertz CT molecular complexity index is 510. The number of amides is 2. The quantitative estimate of drug-likeness (QED) is 0.854. The second kappa shape index (κ2) is 6.74. The zero-order chi connectivity index (χ0) is 15.4. The molecular formula is C17H24N2O2. The molecule has 1 heterocycles. The molecule has 0 saturated carbocycles. The zero-order valence-corrected chi connectivity index (χ0v) is 13.1. The van der Waals surface area contributed by atoms with Gasteiger partial charge in [-0.3, -0.25) is 9.59 Å². The molecule has 1 unspecified atom stereocenters. The van der Waals surface area contributed by atoms with Crippen molar-refractivity contribution in [2.45, 2.75) is 45.6 Å². The van der Waals surface area contributed by atoms with Gasteiger partial charge in [0.05, 0.1) is 0 Å². The van der Waals surface area contributed by atoms with Gasteiger partial charge in [-0.1, -0.05) is 6.92 Å². The Morgan fingerprint density at radius 2 is 1.95 bits per heavy atom. The molecule has 1 saturated heterocycles. The summed E-state index contributed by atoms with van der Waals surface area (Å²) in [6.45, 7) is 4.89. The fraction of sp³-hybridized carbons (Fsp3) is 0.529. The number of hydrogen-bond acceptors (Lipinski definition) is 2. The van der Waals surface area contributed by atoms with Crippen molar-refractivity contribution in [1.82, 2.24) is 4.90 Å². The highest BCUT2D eigenvalue weighted by atomic mass is 16.2. The van der Waals surface area contributed by atoms with Crippen molar-refractivity contribution in [3.8, 4) is 0 Å². The number of piperidine rings is 1. The summed E-state index contributed by atoms with van der Waals surface area (Å²) >= 11 is 0. The lowest BCUT2D eigenvalue weighted by Gasteiger charge is -2.27. The first kappa shape index (κ1) is 15.5. The van der Waals surface area contributed by atoms with E-state index in [0.29, 0.717) is 12.0 Å². The second-order valence-corrected chi connectivity index (χ2v) is 5.72. The zero-order valence-electron chi connectivity index (χ0n) is 13.1. The molecule has 1 aromatic rings. The third kappa shape index (κ3) is 3.43. The molecule has 1 aliphatic heterocycles. The van der Waals surface area contributed by atoms with Crippen molar-refractivity contribution in [2.75, 3.05) is 18.5 Å². The second-order valence-electron chi connectivity index (χ2n) is 5.72. The molecule has 0 spiro atoms. The SMILES string of the molecule is CCC(C)N(C)C(=O)c1ccc(N2CCCCC2=O)cc1. The summed E-state index contributed by atoms with van der Waals surface area (Å²) in [5.41, 5.74) is 1.56. The van der Waals surface area contributed by atoms with Gasteiger partial charge in [0, 0.05) is 37.3 Å². The van der Waals surface area contributed by atoms with Gasteiger partial charge in [0.2, 0.25) is 5.91 Å². The minimum atomic E-state index is 0.0286. The smallest absolute Gasteiger partial charge is 0.253 e. The molecule has 2 rings (SSSR count). The maximum absolute atomic E-state index is 12.3. The largest absolute Gasteiger partial charge is 0.339 e. The Hall–Kier alpha value is -1.84. The maximum Gasteiger partial charge on any atom is 0.253 e. The molecule has 1 aromatic carbocycles. The van der Waals surface area contributed by atoms with Gasteiger partial charge in [0.25, 0.3) is 5.91 Å². The first-order valence-electron chi connectivity index (χ1n) is 7.72. The highest BCUT2D eigenvalue weighted by Gasteiger charge is 2.20. The first-order chi connectivity index (χ1) is 10.0. The van der Waals surface area contributed by atoms with E-state index in [0.717, 1.165) is 31.5 Å². The molecule has 0 bridgehead atoms. The van der Waals surface area contributed by atoms with Gasteiger partial charge in [-0.2, -0.15) is 0 Å². The molecule has 2 amide bonds. The van der Waals surface area contributed by atoms with Gasteiger partial charge >= 0.3 is 0 Å². The summed E-state index contributed by atoms with van der Waals surface area (Å²) in [5, 5.41) is 0. The number of carbonyl (C=O) groups excluding carboxylic acids is 2. The molecule has 1 fully saturated rings. The normalized spacial score (nSPS) is 16.7. The average molecular weight is 288 g/mol. The molecule has 21 heavy (non-hydrogen) atoms. The van der Waals surface area contributed by atoms with E-state index in [1.165, 1.54) is 0 Å². The minimum absolute atomic E-state index is 0.0286. The number of nitrogens with zero attached hydrogens (tertiary/aromatic N) is 2. The summed E-state index contributed by atoms with van der Waals surface area (Å²) in [5.74, 6) is 0.206. The van der Waals surface area contributed by atoms with E-state index in [9.17, 15) is 9.59 Å². The van der Waals surface area contributed by atoms with Crippen LogP contribution in [0, 0.1) is 0 Å². The summed E-state index contributed by atoms with van der Waals surface area (Å²) in [7, 11) is 1.83. The predicted octanol–water partition coefficient (Wildman–Crippen LogP) is 3.07. The molecule has 1 atom stereocenters. The molecule has 0 radical (unpaired) electrons. The lowest BCUT2D eigenvalue weighted by Crippen LogP contribution is -2.35. The highest BCUT2D eigenvalue weighted by molar-refractivity contribution is 5.97. The van der Waals surface area contributed by atoms with Crippen LogP contribution in [0.1, 0.15) is 49.9 Å². The fourth-order valence-corrected chi connectivity index (χ4v) is 2.54. The van der Waals surface area contributed by atoms with Crippen LogP contribution < -0.4 is 4.90 Å². The fourth-order valence-electron chi connectivity index (χ4n) is 2.54. The van der Waals surface area contributed by atoms with Gasteiger partial charge < -0.3 is 9.80 Å². The predicted molar refractivity (Wildman–Crippen MR) is 84.5 cm³/mol. The van der Waals surface area contributed by atoms with Crippen molar-refractivity contribution < 1.29 is 9.59 Å². The maximum atomic E-state index is 12.3. The van der Waals surface area contributed by atoms with Gasteiger partial charge in [-0.05, 0) is 50.5 Å². The summed E-state index contributed by atoms with van der Waals surface area (Å²) in [6, 6.07) is 7.61. The minimum Gasteiger partial charge on any atom is -0.339 e. The number of benzene rings is 1. The van der Waals surface area contributed by atoms with Gasteiger partial charge in [-0.25, -0.2) is 0 Å². The third-order valence-corrected chi connectivity index (χ3v) is 4.32. The summed E-state index contributed by atoms with van der Waals surface area (Å²) in [4.78, 5) is 27.8. The Kier molecular flexibility index (Phi) is 4.99. The van der Waals surface area contributed by atoms with Gasteiger partial charge in [-0.15, -0.1) is 0 Å². The standard InChI is InChI=1S/C17H24N2O2/c1-4-13(2)18(3)17(21)14-8-10-15(11-9-14)19-12-6-5-7-16(19)20/h8-11,13H,4-7,12H2,1-3H3. The van der Waals surface area contributed by atoms with Crippen LogP contribution in [-0.4, -0.2) is 36.3 Å². The molecule has 114 valence electrons. The molecule has 4 heteroatoms. The summed E-state index contributed by atoms with van der Waals surface area (Å²) < 4.78 is 0. The van der Waals surface area contributed by atoms with Crippen LogP contribution in [0.5, 0.6) is 0 Å². The number of hydrogen-bond donors (Lipinski definition) is 0. The van der Waals surface area contributed by atoms with Crippen molar-refractivity contribution in [1.29, 1.82) is 0 Å². The van der Waals surface area contributed by atoms with Crippen LogP contribution in [0.3, 0.4) is 0 Å². The molecule has 4 nitrogen and oxygen atoms in total. The van der Waals surface area contributed by atoms with Crippen LogP contribution in [0.15, 0.2) is 24.3 Å². The lowest BCUT2D eigenvalue weighted by molar-refractivity contribution is -0.119. The van der Waals surface area contributed by atoms with Crippen molar-refractivity contribution in [3.05, 3.63) is 29.8 Å². The Labute approximate surface area is 126 Å². The van der Waals surface area contributed by atoms with Gasteiger partial charge in [0.15, 0.2) is 0 Å². The molecular weight excluding hydrogens is 264 g/mol.